The Morgan fingerprint density at radius 2 is 2.00 bits per heavy atom. The Bertz CT molecular complexity index is 1470. The number of nitrogens with two attached hydrogens (primary N) is 1. The summed E-state index contributed by atoms with van der Waals surface area (Å²) >= 11 is 0. The second-order valence-corrected chi connectivity index (χ2v) is 9.01. The predicted octanol–water partition coefficient (Wildman–Crippen LogP) is 3.64. The second-order valence-electron chi connectivity index (χ2n) is 9.01. The zero-order chi connectivity index (χ0) is 24.1. The molecule has 1 saturated carbocycles. The van der Waals surface area contributed by atoms with Gasteiger partial charge in [0.2, 0.25) is 5.95 Å². The number of nitrogen functional groups attached to an aromatic ring is 1. The van der Waals surface area contributed by atoms with Gasteiger partial charge in [-0.15, -0.1) is 5.10 Å². The fourth-order valence-corrected chi connectivity index (χ4v) is 4.36. The number of halogens is 2. The van der Waals surface area contributed by atoms with E-state index in [1.807, 2.05) is 12.1 Å². The molecule has 0 bridgehead atoms. The second kappa shape index (κ2) is 8.30. The van der Waals surface area contributed by atoms with Gasteiger partial charge in [-0.1, -0.05) is 0 Å². The highest BCUT2D eigenvalue weighted by Crippen LogP contribution is 2.33. The molecule has 1 amide bonds. The topological polar surface area (TPSA) is 98.6 Å². The summed E-state index contributed by atoms with van der Waals surface area (Å²) in [5, 5.41) is 4.07. The first-order valence-electron chi connectivity index (χ1n) is 11.5. The molecule has 10 heteroatoms. The summed E-state index contributed by atoms with van der Waals surface area (Å²) in [5.41, 5.74) is 9.29. The smallest absolute Gasteiger partial charge is 0.256 e. The molecule has 178 valence electrons. The van der Waals surface area contributed by atoms with E-state index < -0.39 is 11.6 Å². The van der Waals surface area contributed by atoms with Crippen LogP contribution in [-0.2, 0) is 13.0 Å². The molecule has 0 unspecified atom stereocenters. The van der Waals surface area contributed by atoms with Gasteiger partial charge in [0.05, 0.1) is 17.9 Å². The highest BCUT2D eigenvalue weighted by atomic mass is 19.1. The van der Waals surface area contributed by atoms with Crippen LogP contribution in [0.3, 0.4) is 0 Å². The van der Waals surface area contributed by atoms with Crippen LogP contribution in [0.2, 0.25) is 0 Å². The van der Waals surface area contributed by atoms with E-state index >= 15 is 0 Å². The van der Waals surface area contributed by atoms with E-state index in [0.717, 1.165) is 30.0 Å². The van der Waals surface area contributed by atoms with Crippen molar-refractivity contribution in [1.82, 2.24) is 24.5 Å². The van der Waals surface area contributed by atoms with Crippen molar-refractivity contribution in [2.75, 3.05) is 18.9 Å². The summed E-state index contributed by atoms with van der Waals surface area (Å²) < 4.78 is 35.8. The lowest BCUT2D eigenvalue weighted by molar-refractivity contribution is 0.0723. The molecule has 2 aliphatic rings. The quantitative estimate of drug-likeness (QED) is 0.456. The maximum absolute atomic E-state index is 14.5. The van der Waals surface area contributed by atoms with Gasteiger partial charge in [0, 0.05) is 49.1 Å². The van der Waals surface area contributed by atoms with Crippen LogP contribution in [0.1, 0.15) is 34.5 Å². The van der Waals surface area contributed by atoms with Crippen molar-refractivity contribution >= 4 is 17.5 Å². The molecule has 4 aromatic rings. The minimum atomic E-state index is -0.751. The van der Waals surface area contributed by atoms with Crippen LogP contribution >= 0.6 is 0 Å². The number of pyridine rings is 2. The molecule has 35 heavy (non-hydrogen) atoms. The van der Waals surface area contributed by atoms with E-state index in [1.165, 1.54) is 6.07 Å². The molecule has 1 fully saturated rings. The van der Waals surface area contributed by atoms with Gasteiger partial charge < -0.3 is 15.4 Å². The van der Waals surface area contributed by atoms with E-state index in [-0.39, 0.29) is 24.1 Å². The summed E-state index contributed by atoms with van der Waals surface area (Å²) in [6.45, 7) is 0.827. The number of fused-ring (bicyclic) bond motifs is 2. The third-order valence-corrected chi connectivity index (χ3v) is 6.40. The molecular formula is C25H22F2N6O2. The Hall–Kier alpha value is -4.08. The molecule has 1 aliphatic carbocycles. The normalized spacial score (nSPS) is 15.5. The standard InChI is InChI=1S/C25H22F2N6O2/c26-18-7-17(23(20(27)10-18)35-13-14-1-2-14)12-32-5-4-21-19(24(32)34)8-16(11-29-21)15-3-6-33-22(9-15)30-25(28)31-33/h3,6-11,14H,1-2,4-5,12-13H2,(H2,28,31). The van der Waals surface area contributed by atoms with Crippen molar-refractivity contribution in [2.45, 2.75) is 25.8 Å². The van der Waals surface area contributed by atoms with E-state index in [9.17, 15) is 13.6 Å². The van der Waals surface area contributed by atoms with E-state index in [0.29, 0.717) is 48.0 Å². The first kappa shape index (κ1) is 21.5. The minimum absolute atomic E-state index is 0.0182. The zero-order valence-corrected chi connectivity index (χ0v) is 18.7. The average Bonchev–Trinajstić information content (AvgIpc) is 3.58. The number of benzene rings is 1. The number of hydrogen-bond acceptors (Lipinski definition) is 6. The molecule has 1 aromatic carbocycles. The van der Waals surface area contributed by atoms with Crippen LogP contribution < -0.4 is 10.5 Å². The average molecular weight is 476 g/mol. The maximum atomic E-state index is 14.5. The Labute approximate surface area is 199 Å². The number of anilines is 1. The number of ether oxygens (including phenoxy) is 1. The number of nitrogens with zero attached hydrogens (tertiary/aromatic N) is 5. The van der Waals surface area contributed by atoms with Crippen LogP contribution in [0, 0.1) is 17.6 Å². The lowest BCUT2D eigenvalue weighted by Crippen LogP contribution is -2.37. The molecule has 3 aromatic heterocycles. The fourth-order valence-electron chi connectivity index (χ4n) is 4.36. The maximum Gasteiger partial charge on any atom is 0.256 e. The van der Waals surface area contributed by atoms with E-state index in [2.05, 4.69) is 15.1 Å². The highest BCUT2D eigenvalue weighted by Gasteiger charge is 2.28. The molecule has 4 heterocycles. The Morgan fingerprint density at radius 3 is 2.83 bits per heavy atom. The van der Waals surface area contributed by atoms with Crippen molar-refractivity contribution < 1.29 is 18.3 Å². The molecule has 0 saturated heterocycles. The summed E-state index contributed by atoms with van der Waals surface area (Å²) in [6.07, 6.45) is 6.10. The molecule has 0 spiro atoms. The van der Waals surface area contributed by atoms with Crippen LogP contribution in [0.4, 0.5) is 14.7 Å². The third-order valence-electron chi connectivity index (χ3n) is 6.40. The van der Waals surface area contributed by atoms with Crippen LogP contribution in [0.15, 0.2) is 42.7 Å². The summed E-state index contributed by atoms with van der Waals surface area (Å²) in [5.74, 6) is -1.09. The number of aromatic nitrogens is 4. The Balaban J connectivity index is 1.28. The molecule has 8 nitrogen and oxygen atoms in total. The molecular weight excluding hydrogens is 454 g/mol. The summed E-state index contributed by atoms with van der Waals surface area (Å²) in [4.78, 5) is 23.7. The highest BCUT2D eigenvalue weighted by molar-refractivity contribution is 5.97. The van der Waals surface area contributed by atoms with Crippen molar-refractivity contribution in [3.05, 3.63) is 71.2 Å². The van der Waals surface area contributed by atoms with E-state index in [4.69, 9.17) is 10.5 Å². The number of hydrogen-bond donors (Lipinski definition) is 1. The summed E-state index contributed by atoms with van der Waals surface area (Å²) in [6, 6.07) is 7.50. The SMILES string of the molecule is Nc1nc2cc(-c3cnc4c(c3)C(=O)N(Cc3cc(F)cc(F)c3OCC3CC3)CC4)ccn2n1. The molecule has 2 N–H and O–H groups in total. The Kier molecular flexibility index (Phi) is 5.09. The van der Waals surface area contributed by atoms with Crippen LogP contribution in [-0.4, -0.2) is 43.5 Å². The molecule has 0 radical (unpaired) electrons. The lowest BCUT2D eigenvalue weighted by Gasteiger charge is -2.29. The number of carbonyl (C=O) groups is 1. The number of rotatable bonds is 6. The van der Waals surface area contributed by atoms with Crippen molar-refractivity contribution in [3.8, 4) is 16.9 Å². The molecule has 6 rings (SSSR count). The largest absolute Gasteiger partial charge is 0.490 e. The molecule has 0 atom stereocenters. The van der Waals surface area contributed by atoms with Gasteiger partial charge in [-0.25, -0.2) is 13.3 Å². The third kappa shape index (κ3) is 4.16. The van der Waals surface area contributed by atoms with Crippen molar-refractivity contribution in [3.63, 3.8) is 0 Å². The minimum Gasteiger partial charge on any atom is -0.490 e. The van der Waals surface area contributed by atoms with Crippen molar-refractivity contribution in [2.24, 2.45) is 5.92 Å². The number of amides is 1. The van der Waals surface area contributed by atoms with Crippen LogP contribution in [0.25, 0.3) is 16.8 Å². The first-order valence-corrected chi connectivity index (χ1v) is 11.5. The first-order chi connectivity index (χ1) is 16.9. The lowest BCUT2D eigenvalue weighted by atomic mass is 9.99. The monoisotopic (exact) mass is 476 g/mol. The van der Waals surface area contributed by atoms with Gasteiger partial charge in [0.1, 0.15) is 5.82 Å². The predicted molar refractivity (Wildman–Crippen MR) is 124 cm³/mol. The van der Waals surface area contributed by atoms with Crippen LogP contribution in [0.5, 0.6) is 5.75 Å². The fraction of sp³-hybridized carbons (Fsp3) is 0.280. The molecule has 1 aliphatic heterocycles. The van der Waals surface area contributed by atoms with E-state index in [1.54, 1.807) is 27.9 Å². The van der Waals surface area contributed by atoms with Gasteiger partial charge in [-0.3, -0.25) is 9.78 Å². The van der Waals surface area contributed by atoms with Gasteiger partial charge in [0.25, 0.3) is 5.91 Å². The van der Waals surface area contributed by atoms with Gasteiger partial charge >= 0.3 is 0 Å². The Morgan fingerprint density at radius 1 is 1.14 bits per heavy atom. The van der Waals surface area contributed by atoms with Gasteiger partial charge in [-0.2, -0.15) is 4.98 Å². The van der Waals surface area contributed by atoms with Crippen molar-refractivity contribution in [1.29, 1.82) is 0 Å². The number of carbonyl (C=O) groups excluding carboxylic acids is 1. The zero-order valence-electron chi connectivity index (χ0n) is 18.7. The van der Waals surface area contributed by atoms with Gasteiger partial charge in [0.15, 0.2) is 17.2 Å². The summed E-state index contributed by atoms with van der Waals surface area (Å²) in [7, 11) is 0. The van der Waals surface area contributed by atoms with Gasteiger partial charge in [-0.05, 0) is 48.6 Å².